The number of H-pyrrole nitrogens is 1. The first kappa shape index (κ1) is 12.4. The van der Waals surface area contributed by atoms with Gasteiger partial charge >= 0.3 is 0 Å². The molecule has 17 heavy (non-hydrogen) atoms. The fourth-order valence-corrected chi connectivity index (χ4v) is 2.57. The van der Waals surface area contributed by atoms with Gasteiger partial charge in [0, 0.05) is 24.5 Å². The van der Waals surface area contributed by atoms with Crippen molar-refractivity contribution < 1.29 is 4.74 Å². The Kier molecular flexibility index (Phi) is 3.72. The number of aryl methyl sites for hydroxylation is 1. The standard InChI is InChI=1S/C13H23N3O/c1-4-13(5-2)8-11(6-7-17-13)16-12-14-9-10(3)15-12/h9,11H,4-8H2,1-3H3,(H2,14,15,16). The van der Waals surface area contributed by atoms with Gasteiger partial charge in [-0.15, -0.1) is 0 Å². The van der Waals surface area contributed by atoms with Crippen LogP contribution in [0.3, 0.4) is 0 Å². The summed E-state index contributed by atoms with van der Waals surface area (Å²) < 4.78 is 5.97. The van der Waals surface area contributed by atoms with Crippen LogP contribution in [0.25, 0.3) is 0 Å². The quantitative estimate of drug-likeness (QED) is 0.846. The van der Waals surface area contributed by atoms with Crippen molar-refractivity contribution >= 4 is 5.95 Å². The summed E-state index contributed by atoms with van der Waals surface area (Å²) in [6.07, 6.45) is 6.15. The molecule has 1 saturated heterocycles. The van der Waals surface area contributed by atoms with Crippen LogP contribution in [0, 0.1) is 6.92 Å². The second kappa shape index (κ2) is 5.08. The molecule has 0 spiro atoms. The zero-order valence-corrected chi connectivity index (χ0v) is 11.0. The topological polar surface area (TPSA) is 49.9 Å². The van der Waals surface area contributed by atoms with Crippen molar-refractivity contribution in [1.82, 2.24) is 9.97 Å². The summed E-state index contributed by atoms with van der Waals surface area (Å²) in [5, 5.41) is 3.48. The third-order valence-electron chi connectivity index (χ3n) is 3.83. The number of ether oxygens (including phenoxy) is 1. The molecule has 1 aromatic heterocycles. The molecule has 0 aliphatic carbocycles. The molecule has 2 heterocycles. The van der Waals surface area contributed by atoms with Crippen LogP contribution >= 0.6 is 0 Å². The number of aromatic nitrogens is 2. The molecule has 1 aliphatic heterocycles. The van der Waals surface area contributed by atoms with Crippen molar-refractivity contribution in [2.75, 3.05) is 11.9 Å². The molecule has 0 radical (unpaired) electrons. The maximum atomic E-state index is 5.97. The van der Waals surface area contributed by atoms with Crippen molar-refractivity contribution in [2.24, 2.45) is 0 Å². The third-order valence-corrected chi connectivity index (χ3v) is 3.83. The summed E-state index contributed by atoms with van der Waals surface area (Å²) in [6.45, 7) is 7.29. The highest BCUT2D eigenvalue weighted by Gasteiger charge is 2.34. The number of anilines is 1. The first-order valence-corrected chi connectivity index (χ1v) is 6.59. The molecular weight excluding hydrogens is 214 g/mol. The van der Waals surface area contributed by atoms with Gasteiger partial charge in [-0.2, -0.15) is 0 Å². The lowest BCUT2D eigenvalue weighted by atomic mass is 9.86. The number of imidazole rings is 1. The molecule has 4 heteroatoms. The number of rotatable bonds is 4. The highest BCUT2D eigenvalue weighted by atomic mass is 16.5. The lowest BCUT2D eigenvalue weighted by molar-refractivity contribution is -0.0865. The number of nitrogens with one attached hydrogen (secondary N) is 2. The average molecular weight is 237 g/mol. The minimum atomic E-state index is 0.0670. The van der Waals surface area contributed by atoms with E-state index >= 15 is 0 Å². The summed E-state index contributed by atoms with van der Waals surface area (Å²) in [5.41, 5.74) is 1.16. The van der Waals surface area contributed by atoms with Gasteiger partial charge in [-0.1, -0.05) is 13.8 Å². The Balaban J connectivity index is 1.98. The monoisotopic (exact) mass is 237 g/mol. The van der Waals surface area contributed by atoms with Crippen LogP contribution in [0.5, 0.6) is 0 Å². The largest absolute Gasteiger partial charge is 0.375 e. The first-order valence-electron chi connectivity index (χ1n) is 6.59. The van der Waals surface area contributed by atoms with E-state index < -0.39 is 0 Å². The normalized spacial score (nSPS) is 23.6. The molecule has 1 unspecified atom stereocenters. The molecule has 0 amide bonds. The minimum Gasteiger partial charge on any atom is -0.375 e. The Labute approximate surface area is 103 Å². The van der Waals surface area contributed by atoms with Gasteiger partial charge in [-0.05, 0) is 32.6 Å². The Morgan fingerprint density at radius 1 is 1.53 bits per heavy atom. The highest BCUT2D eigenvalue weighted by Crippen LogP contribution is 2.32. The second-order valence-electron chi connectivity index (χ2n) is 4.99. The van der Waals surface area contributed by atoms with E-state index in [0.717, 1.165) is 43.9 Å². The van der Waals surface area contributed by atoms with E-state index in [4.69, 9.17) is 4.74 Å². The zero-order valence-electron chi connectivity index (χ0n) is 11.0. The smallest absolute Gasteiger partial charge is 0.200 e. The summed E-state index contributed by atoms with van der Waals surface area (Å²) in [6, 6.07) is 0.467. The molecular formula is C13H23N3O. The van der Waals surface area contributed by atoms with Gasteiger partial charge in [0.2, 0.25) is 5.95 Å². The van der Waals surface area contributed by atoms with Crippen LogP contribution in [0.2, 0.25) is 0 Å². The van der Waals surface area contributed by atoms with Gasteiger partial charge in [0.05, 0.1) is 5.60 Å². The molecule has 1 aliphatic rings. The molecule has 1 aromatic rings. The Morgan fingerprint density at radius 2 is 2.29 bits per heavy atom. The van der Waals surface area contributed by atoms with E-state index in [1.54, 1.807) is 0 Å². The summed E-state index contributed by atoms with van der Waals surface area (Å²) in [7, 11) is 0. The zero-order chi connectivity index (χ0) is 12.3. The van der Waals surface area contributed by atoms with Crippen molar-refractivity contribution in [3.8, 4) is 0 Å². The van der Waals surface area contributed by atoms with E-state index in [1.165, 1.54) is 0 Å². The van der Waals surface area contributed by atoms with Crippen LogP contribution < -0.4 is 5.32 Å². The van der Waals surface area contributed by atoms with Crippen molar-refractivity contribution in [3.05, 3.63) is 11.9 Å². The SMILES string of the molecule is CCC1(CC)CC(Nc2ncc(C)[nH]2)CCO1. The number of aromatic amines is 1. The highest BCUT2D eigenvalue weighted by molar-refractivity contribution is 5.27. The van der Waals surface area contributed by atoms with Gasteiger partial charge in [0.25, 0.3) is 0 Å². The van der Waals surface area contributed by atoms with Gasteiger partial charge < -0.3 is 15.0 Å². The molecule has 96 valence electrons. The first-order chi connectivity index (χ1) is 8.17. The van der Waals surface area contributed by atoms with E-state index in [-0.39, 0.29) is 5.60 Å². The second-order valence-corrected chi connectivity index (χ2v) is 4.99. The lowest BCUT2D eigenvalue weighted by Crippen LogP contribution is -2.43. The Bertz CT molecular complexity index is 357. The maximum Gasteiger partial charge on any atom is 0.200 e. The number of nitrogens with zero attached hydrogens (tertiary/aromatic N) is 1. The average Bonchev–Trinajstić information content (AvgIpc) is 2.75. The Hall–Kier alpha value is -1.03. The van der Waals surface area contributed by atoms with E-state index in [2.05, 4.69) is 29.1 Å². The van der Waals surface area contributed by atoms with Crippen LogP contribution in [0.15, 0.2) is 6.20 Å². The minimum absolute atomic E-state index is 0.0670. The van der Waals surface area contributed by atoms with Gasteiger partial charge in [0.1, 0.15) is 0 Å². The predicted octanol–water partition coefficient (Wildman–Crippen LogP) is 2.87. The summed E-state index contributed by atoms with van der Waals surface area (Å²) in [5.74, 6) is 0.885. The van der Waals surface area contributed by atoms with Crippen LogP contribution in [-0.2, 0) is 4.74 Å². The molecule has 2 N–H and O–H groups in total. The van der Waals surface area contributed by atoms with Gasteiger partial charge in [0.15, 0.2) is 0 Å². The Morgan fingerprint density at radius 3 is 2.88 bits per heavy atom. The van der Waals surface area contributed by atoms with Crippen LogP contribution in [0.4, 0.5) is 5.95 Å². The molecule has 1 atom stereocenters. The van der Waals surface area contributed by atoms with E-state index in [9.17, 15) is 0 Å². The maximum absolute atomic E-state index is 5.97. The van der Waals surface area contributed by atoms with Crippen LogP contribution in [-0.4, -0.2) is 28.2 Å². The third kappa shape index (κ3) is 2.80. The fourth-order valence-electron chi connectivity index (χ4n) is 2.57. The molecule has 0 bridgehead atoms. The van der Waals surface area contributed by atoms with Crippen molar-refractivity contribution in [1.29, 1.82) is 0 Å². The summed E-state index contributed by atoms with van der Waals surface area (Å²) >= 11 is 0. The van der Waals surface area contributed by atoms with Gasteiger partial charge in [-0.25, -0.2) is 4.98 Å². The number of hydrogen-bond acceptors (Lipinski definition) is 3. The van der Waals surface area contributed by atoms with Crippen molar-refractivity contribution in [3.63, 3.8) is 0 Å². The van der Waals surface area contributed by atoms with Crippen molar-refractivity contribution in [2.45, 2.75) is 58.1 Å². The molecule has 0 aromatic carbocycles. The lowest BCUT2D eigenvalue weighted by Gasteiger charge is -2.40. The fraction of sp³-hybridized carbons (Fsp3) is 0.769. The number of hydrogen-bond donors (Lipinski definition) is 2. The molecule has 0 saturated carbocycles. The van der Waals surface area contributed by atoms with Crippen LogP contribution in [0.1, 0.15) is 45.2 Å². The van der Waals surface area contributed by atoms with E-state index in [1.807, 2.05) is 13.1 Å². The molecule has 4 nitrogen and oxygen atoms in total. The molecule has 1 fully saturated rings. The van der Waals surface area contributed by atoms with E-state index in [0.29, 0.717) is 6.04 Å². The van der Waals surface area contributed by atoms with Gasteiger partial charge in [-0.3, -0.25) is 0 Å². The molecule has 2 rings (SSSR count). The summed E-state index contributed by atoms with van der Waals surface area (Å²) in [4.78, 5) is 7.53. The predicted molar refractivity (Wildman–Crippen MR) is 69.2 cm³/mol.